The maximum Gasteiger partial charge on any atom is 0.347 e. The molecule has 1 unspecified atom stereocenters. The van der Waals surface area contributed by atoms with Gasteiger partial charge in [0.2, 0.25) is 0 Å². The molecular weight excluding hydrogens is 230 g/mol. The van der Waals surface area contributed by atoms with Crippen molar-refractivity contribution in [2.24, 2.45) is 0 Å². The minimum atomic E-state index is -0.657. The zero-order valence-corrected chi connectivity index (χ0v) is 11.1. The Morgan fingerprint density at radius 3 is 2.39 bits per heavy atom. The standard InChI is InChI=1S/C14H17NO3/c1-5-17-14(16)11(4)18-13-9(2)6-12(8-15)7-10(13)3/h6-7,11H,5H2,1-4H3. The first-order chi connectivity index (χ1) is 8.49. The van der Waals surface area contributed by atoms with Crippen LogP contribution in [0, 0.1) is 25.2 Å². The molecule has 1 rings (SSSR count). The topological polar surface area (TPSA) is 59.3 Å². The predicted octanol–water partition coefficient (Wildman–Crippen LogP) is 2.51. The van der Waals surface area contributed by atoms with Gasteiger partial charge in [0.05, 0.1) is 18.2 Å². The summed E-state index contributed by atoms with van der Waals surface area (Å²) in [7, 11) is 0. The largest absolute Gasteiger partial charge is 0.478 e. The summed E-state index contributed by atoms with van der Waals surface area (Å²) in [6.07, 6.45) is -0.657. The van der Waals surface area contributed by atoms with Crippen LogP contribution in [0.5, 0.6) is 5.75 Å². The summed E-state index contributed by atoms with van der Waals surface area (Å²) in [4.78, 5) is 11.5. The number of rotatable bonds is 4. The molecule has 96 valence electrons. The highest BCUT2D eigenvalue weighted by Crippen LogP contribution is 2.25. The highest BCUT2D eigenvalue weighted by molar-refractivity contribution is 5.74. The van der Waals surface area contributed by atoms with Gasteiger partial charge in [0.25, 0.3) is 0 Å². The lowest BCUT2D eigenvalue weighted by molar-refractivity contribution is -0.150. The Bertz CT molecular complexity index is 465. The van der Waals surface area contributed by atoms with E-state index in [9.17, 15) is 4.79 Å². The third-order valence-electron chi connectivity index (χ3n) is 2.50. The zero-order chi connectivity index (χ0) is 13.7. The molecule has 4 nitrogen and oxygen atoms in total. The fourth-order valence-corrected chi connectivity index (χ4v) is 1.69. The summed E-state index contributed by atoms with van der Waals surface area (Å²) in [5.41, 5.74) is 2.26. The van der Waals surface area contributed by atoms with Gasteiger partial charge in [-0.2, -0.15) is 5.26 Å². The molecule has 0 aliphatic rings. The second-order valence-electron chi connectivity index (χ2n) is 4.06. The van der Waals surface area contributed by atoms with Gasteiger partial charge in [-0.3, -0.25) is 0 Å². The van der Waals surface area contributed by atoms with Crippen LogP contribution >= 0.6 is 0 Å². The van der Waals surface area contributed by atoms with E-state index < -0.39 is 6.10 Å². The van der Waals surface area contributed by atoms with E-state index in [2.05, 4.69) is 6.07 Å². The van der Waals surface area contributed by atoms with E-state index in [1.165, 1.54) is 0 Å². The van der Waals surface area contributed by atoms with E-state index in [0.29, 0.717) is 17.9 Å². The molecule has 0 saturated carbocycles. The molecule has 1 atom stereocenters. The Kier molecular flexibility index (Phi) is 4.73. The number of esters is 1. The number of ether oxygens (including phenoxy) is 2. The second kappa shape index (κ2) is 6.06. The fraction of sp³-hybridized carbons (Fsp3) is 0.429. The Labute approximate surface area is 107 Å². The quantitative estimate of drug-likeness (QED) is 0.767. The molecule has 0 aliphatic carbocycles. The van der Waals surface area contributed by atoms with Crippen LogP contribution in [0.15, 0.2) is 12.1 Å². The third-order valence-corrected chi connectivity index (χ3v) is 2.50. The van der Waals surface area contributed by atoms with Crippen LogP contribution in [0.3, 0.4) is 0 Å². The molecule has 1 aromatic carbocycles. The molecule has 0 radical (unpaired) electrons. The Hall–Kier alpha value is -2.02. The van der Waals surface area contributed by atoms with E-state index in [1.54, 1.807) is 26.0 Å². The average molecular weight is 247 g/mol. The maximum atomic E-state index is 11.5. The monoisotopic (exact) mass is 247 g/mol. The van der Waals surface area contributed by atoms with Crippen molar-refractivity contribution in [3.8, 4) is 11.8 Å². The summed E-state index contributed by atoms with van der Waals surface area (Å²) < 4.78 is 10.5. The number of nitrogens with zero attached hydrogens (tertiary/aromatic N) is 1. The van der Waals surface area contributed by atoms with Gasteiger partial charge in [-0.05, 0) is 51.0 Å². The minimum Gasteiger partial charge on any atom is -0.478 e. The molecule has 1 aromatic rings. The molecule has 0 fully saturated rings. The number of hydrogen-bond acceptors (Lipinski definition) is 4. The molecule has 4 heteroatoms. The van der Waals surface area contributed by atoms with Crippen LogP contribution in [-0.4, -0.2) is 18.7 Å². The fourth-order valence-electron chi connectivity index (χ4n) is 1.69. The molecule has 0 aliphatic heterocycles. The SMILES string of the molecule is CCOC(=O)C(C)Oc1c(C)cc(C#N)cc1C. The van der Waals surface area contributed by atoms with Gasteiger partial charge in [-0.1, -0.05) is 0 Å². The lowest BCUT2D eigenvalue weighted by Gasteiger charge is -2.17. The maximum absolute atomic E-state index is 11.5. The summed E-state index contributed by atoms with van der Waals surface area (Å²) in [5, 5.41) is 8.85. The average Bonchev–Trinajstić information content (AvgIpc) is 2.33. The first-order valence-electron chi connectivity index (χ1n) is 5.84. The molecule has 0 saturated heterocycles. The van der Waals surface area contributed by atoms with Crippen LogP contribution in [0.2, 0.25) is 0 Å². The van der Waals surface area contributed by atoms with Crippen molar-refractivity contribution in [1.82, 2.24) is 0 Å². The van der Waals surface area contributed by atoms with Crippen molar-refractivity contribution >= 4 is 5.97 Å². The Balaban J connectivity index is 2.92. The van der Waals surface area contributed by atoms with E-state index >= 15 is 0 Å². The number of benzene rings is 1. The van der Waals surface area contributed by atoms with E-state index in [0.717, 1.165) is 11.1 Å². The highest BCUT2D eigenvalue weighted by atomic mass is 16.6. The molecule has 0 N–H and O–H groups in total. The highest BCUT2D eigenvalue weighted by Gasteiger charge is 2.18. The molecule has 18 heavy (non-hydrogen) atoms. The van der Waals surface area contributed by atoms with E-state index in [4.69, 9.17) is 14.7 Å². The van der Waals surface area contributed by atoms with Crippen LogP contribution in [0.1, 0.15) is 30.5 Å². The first-order valence-corrected chi connectivity index (χ1v) is 5.84. The number of hydrogen-bond donors (Lipinski definition) is 0. The van der Waals surface area contributed by atoms with E-state index in [1.807, 2.05) is 13.8 Å². The molecule has 0 spiro atoms. The normalized spacial score (nSPS) is 11.5. The molecule has 0 bridgehead atoms. The molecule has 0 heterocycles. The molecule has 0 amide bonds. The first kappa shape index (κ1) is 14.0. The number of carbonyl (C=O) groups excluding carboxylic acids is 1. The summed E-state index contributed by atoms with van der Waals surface area (Å²) >= 11 is 0. The lowest BCUT2D eigenvalue weighted by Crippen LogP contribution is -2.26. The number of carbonyl (C=O) groups is 1. The lowest BCUT2D eigenvalue weighted by atomic mass is 10.1. The van der Waals surface area contributed by atoms with Gasteiger partial charge < -0.3 is 9.47 Å². The minimum absolute atomic E-state index is 0.331. The van der Waals surface area contributed by atoms with Crippen molar-refractivity contribution in [1.29, 1.82) is 5.26 Å². The van der Waals surface area contributed by atoms with Crippen molar-refractivity contribution in [2.45, 2.75) is 33.8 Å². The van der Waals surface area contributed by atoms with Gasteiger partial charge in [-0.15, -0.1) is 0 Å². The van der Waals surface area contributed by atoms with Crippen molar-refractivity contribution in [2.75, 3.05) is 6.61 Å². The smallest absolute Gasteiger partial charge is 0.347 e. The van der Waals surface area contributed by atoms with Crippen LogP contribution in [0.4, 0.5) is 0 Å². The van der Waals surface area contributed by atoms with Crippen LogP contribution in [0.25, 0.3) is 0 Å². The Morgan fingerprint density at radius 1 is 1.39 bits per heavy atom. The zero-order valence-electron chi connectivity index (χ0n) is 11.1. The summed E-state index contributed by atoms with van der Waals surface area (Å²) in [6.45, 7) is 7.43. The van der Waals surface area contributed by atoms with Crippen molar-refractivity contribution in [3.05, 3.63) is 28.8 Å². The van der Waals surface area contributed by atoms with Crippen molar-refractivity contribution in [3.63, 3.8) is 0 Å². The molecular formula is C14H17NO3. The third kappa shape index (κ3) is 3.24. The number of nitriles is 1. The predicted molar refractivity (Wildman–Crippen MR) is 67.4 cm³/mol. The Morgan fingerprint density at radius 2 is 1.94 bits per heavy atom. The number of aryl methyl sites for hydroxylation is 2. The molecule has 0 aromatic heterocycles. The van der Waals surface area contributed by atoms with Gasteiger partial charge in [-0.25, -0.2) is 4.79 Å². The second-order valence-corrected chi connectivity index (χ2v) is 4.06. The van der Waals surface area contributed by atoms with Gasteiger partial charge in [0.1, 0.15) is 5.75 Å². The van der Waals surface area contributed by atoms with Crippen LogP contribution in [-0.2, 0) is 9.53 Å². The van der Waals surface area contributed by atoms with Gasteiger partial charge in [0, 0.05) is 0 Å². The van der Waals surface area contributed by atoms with E-state index in [-0.39, 0.29) is 5.97 Å². The summed E-state index contributed by atoms with van der Waals surface area (Å²) in [6, 6.07) is 5.56. The van der Waals surface area contributed by atoms with Gasteiger partial charge >= 0.3 is 5.97 Å². The van der Waals surface area contributed by atoms with Gasteiger partial charge in [0.15, 0.2) is 6.10 Å². The van der Waals surface area contributed by atoms with Crippen molar-refractivity contribution < 1.29 is 14.3 Å². The summed E-state index contributed by atoms with van der Waals surface area (Å²) in [5.74, 6) is 0.246. The van der Waals surface area contributed by atoms with Crippen LogP contribution < -0.4 is 4.74 Å².